The predicted molar refractivity (Wildman–Crippen MR) is 91.0 cm³/mol. The first-order valence-electron chi connectivity index (χ1n) is 7.61. The molecule has 0 aliphatic carbocycles. The van der Waals surface area contributed by atoms with E-state index in [4.69, 9.17) is 4.74 Å². The minimum Gasteiger partial charge on any atom is -0.465 e. The zero-order valence-corrected chi connectivity index (χ0v) is 13.8. The maximum atomic E-state index is 11.9. The third kappa shape index (κ3) is 5.58. The highest BCUT2D eigenvalue weighted by molar-refractivity contribution is 6.01. The number of ether oxygens (including phenoxy) is 1. The van der Waals surface area contributed by atoms with Gasteiger partial charge in [0.1, 0.15) is 0 Å². The predicted octanol–water partition coefficient (Wildman–Crippen LogP) is 2.84. The fraction of sp³-hybridized carbons (Fsp3) is 0.412. The number of hydrogen-bond donors (Lipinski definition) is 1. The van der Waals surface area contributed by atoms with Crippen molar-refractivity contribution in [1.82, 2.24) is 0 Å². The van der Waals surface area contributed by atoms with Crippen molar-refractivity contribution in [3.63, 3.8) is 0 Å². The molecule has 2 atom stereocenters. The second-order valence-corrected chi connectivity index (χ2v) is 5.18. The van der Waals surface area contributed by atoms with Crippen molar-refractivity contribution in [1.29, 1.82) is 0 Å². The fourth-order valence-electron chi connectivity index (χ4n) is 2.11. The number of aliphatic hydroxyl groups is 1. The molecular weight excluding hydrogens is 312 g/mol. The van der Waals surface area contributed by atoms with E-state index >= 15 is 0 Å². The number of nitrogens with zero attached hydrogens (tertiary/aromatic N) is 2. The van der Waals surface area contributed by atoms with Crippen LogP contribution in [0.1, 0.15) is 31.9 Å². The van der Waals surface area contributed by atoms with Crippen molar-refractivity contribution in [2.75, 3.05) is 13.2 Å². The van der Waals surface area contributed by atoms with Crippen LogP contribution in [0.2, 0.25) is 0 Å². The van der Waals surface area contributed by atoms with Crippen LogP contribution in [0.25, 0.3) is 0 Å². The van der Waals surface area contributed by atoms with Gasteiger partial charge in [0.25, 0.3) is 5.69 Å². The van der Waals surface area contributed by atoms with Crippen molar-refractivity contribution in [2.24, 2.45) is 10.9 Å². The number of esters is 1. The Labute approximate surface area is 140 Å². The van der Waals surface area contributed by atoms with Gasteiger partial charge in [-0.05, 0) is 38.0 Å². The minimum atomic E-state index is -0.910. The molecule has 0 saturated heterocycles. The number of carbonyl (C=O) groups excluding carboxylic acids is 1. The summed E-state index contributed by atoms with van der Waals surface area (Å²) in [5.74, 6) is -0.894. The molecule has 1 rings (SSSR count). The number of aliphatic imine (C=N–C) groups is 1. The van der Waals surface area contributed by atoms with Crippen LogP contribution in [0.5, 0.6) is 0 Å². The standard InChI is InChI=1S/C17H22N2O5/c1-4-6-15(17(21)24-5-2)12(3)18-11-16(20)13-7-9-14(10-8-13)19(22)23/h4,7-10,15-16,20H,1,5-6,11H2,2-3H3/t15-,16-/m1/s1. The first-order chi connectivity index (χ1) is 11.4. The van der Waals surface area contributed by atoms with Crippen LogP contribution in [0.3, 0.4) is 0 Å². The maximum Gasteiger partial charge on any atom is 0.314 e. The van der Waals surface area contributed by atoms with E-state index in [2.05, 4.69) is 11.6 Å². The molecule has 1 N–H and O–H groups in total. The van der Waals surface area contributed by atoms with E-state index in [0.717, 1.165) is 0 Å². The first kappa shape index (κ1) is 19.5. The zero-order chi connectivity index (χ0) is 18.1. The number of allylic oxidation sites excluding steroid dienone is 1. The number of nitro groups is 1. The number of carbonyl (C=O) groups is 1. The average Bonchev–Trinajstić information content (AvgIpc) is 2.57. The molecule has 0 aromatic heterocycles. The Hall–Kier alpha value is -2.54. The molecule has 7 heteroatoms. The van der Waals surface area contributed by atoms with Crippen LogP contribution in [0.15, 0.2) is 41.9 Å². The number of rotatable bonds is 9. The molecule has 0 unspecified atom stereocenters. The molecule has 1 aromatic rings. The molecule has 0 amide bonds. The lowest BCUT2D eigenvalue weighted by Crippen LogP contribution is -2.24. The normalized spacial score (nSPS) is 13.9. The molecule has 7 nitrogen and oxygen atoms in total. The maximum absolute atomic E-state index is 11.9. The smallest absolute Gasteiger partial charge is 0.314 e. The molecule has 1 aromatic carbocycles. The molecule has 130 valence electrons. The van der Waals surface area contributed by atoms with Gasteiger partial charge in [-0.1, -0.05) is 6.08 Å². The molecule has 24 heavy (non-hydrogen) atoms. The van der Waals surface area contributed by atoms with E-state index in [9.17, 15) is 20.0 Å². The van der Waals surface area contributed by atoms with E-state index in [0.29, 0.717) is 17.7 Å². The number of hydrogen-bond acceptors (Lipinski definition) is 6. The van der Waals surface area contributed by atoms with E-state index in [1.807, 2.05) is 0 Å². The van der Waals surface area contributed by atoms with Crippen LogP contribution < -0.4 is 0 Å². The van der Waals surface area contributed by atoms with Crippen LogP contribution in [-0.2, 0) is 9.53 Å². The Kier molecular flexibility index (Phi) is 7.77. The molecule has 0 spiro atoms. The van der Waals surface area contributed by atoms with E-state index in [-0.39, 0.29) is 24.8 Å². The van der Waals surface area contributed by atoms with Gasteiger partial charge in [0.05, 0.1) is 30.1 Å². The van der Waals surface area contributed by atoms with Crippen molar-refractivity contribution in [3.05, 3.63) is 52.6 Å². The van der Waals surface area contributed by atoms with Gasteiger partial charge in [-0.2, -0.15) is 0 Å². The first-order valence-corrected chi connectivity index (χ1v) is 7.61. The molecule has 0 saturated carbocycles. The summed E-state index contributed by atoms with van der Waals surface area (Å²) in [6.45, 7) is 7.39. The van der Waals surface area contributed by atoms with Crippen LogP contribution in [-0.4, -0.2) is 34.9 Å². The molecular formula is C17H22N2O5. The molecule has 0 aliphatic heterocycles. The van der Waals surface area contributed by atoms with Crippen LogP contribution in [0, 0.1) is 16.0 Å². The monoisotopic (exact) mass is 334 g/mol. The van der Waals surface area contributed by atoms with Crippen molar-refractivity contribution in [2.45, 2.75) is 26.4 Å². The Morgan fingerprint density at radius 2 is 2.08 bits per heavy atom. The highest BCUT2D eigenvalue weighted by atomic mass is 16.6. The van der Waals surface area contributed by atoms with Crippen molar-refractivity contribution >= 4 is 17.4 Å². The summed E-state index contributed by atoms with van der Waals surface area (Å²) in [6, 6.07) is 5.63. The van der Waals surface area contributed by atoms with E-state index in [1.54, 1.807) is 19.9 Å². The Morgan fingerprint density at radius 3 is 2.58 bits per heavy atom. The number of non-ortho nitro benzene ring substituents is 1. The minimum absolute atomic E-state index is 0.0426. The SMILES string of the molecule is C=CC[C@@H](C(=O)OCC)C(C)=NC[C@@H](O)c1ccc([N+](=O)[O-])cc1. The summed E-state index contributed by atoms with van der Waals surface area (Å²) < 4.78 is 5.01. The molecule has 0 bridgehead atoms. The van der Waals surface area contributed by atoms with E-state index < -0.39 is 16.9 Å². The van der Waals surface area contributed by atoms with Gasteiger partial charge in [-0.15, -0.1) is 6.58 Å². The summed E-state index contributed by atoms with van der Waals surface area (Å²) >= 11 is 0. The zero-order valence-electron chi connectivity index (χ0n) is 13.8. The number of aliphatic hydroxyl groups excluding tert-OH is 1. The summed E-state index contributed by atoms with van der Waals surface area (Å²) in [7, 11) is 0. The summed E-state index contributed by atoms with van der Waals surface area (Å²) in [4.78, 5) is 26.3. The van der Waals surface area contributed by atoms with Gasteiger partial charge in [0, 0.05) is 17.8 Å². The lowest BCUT2D eigenvalue weighted by molar-refractivity contribution is -0.384. The highest BCUT2D eigenvalue weighted by Crippen LogP contribution is 2.19. The number of benzene rings is 1. The second kappa shape index (κ2) is 9.57. The summed E-state index contributed by atoms with van der Waals surface area (Å²) in [6.07, 6.45) is 1.11. The lowest BCUT2D eigenvalue weighted by atomic mass is 10.0. The van der Waals surface area contributed by atoms with Crippen LogP contribution >= 0.6 is 0 Å². The van der Waals surface area contributed by atoms with Gasteiger partial charge in [-0.25, -0.2) is 0 Å². The average molecular weight is 334 g/mol. The quantitative estimate of drug-likeness (QED) is 0.246. The van der Waals surface area contributed by atoms with Gasteiger partial charge in [0.15, 0.2) is 0 Å². The fourth-order valence-corrected chi connectivity index (χ4v) is 2.11. The van der Waals surface area contributed by atoms with Crippen molar-refractivity contribution < 1.29 is 19.6 Å². The number of nitro benzene ring substituents is 1. The third-order valence-electron chi connectivity index (χ3n) is 3.48. The largest absolute Gasteiger partial charge is 0.465 e. The van der Waals surface area contributed by atoms with Gasteiger partial charge in [-0.3, -0.25) is 19.9 Å². The van der Waals surface area contributed by atoms with Crippen LogP contribution in [0.4, 0.5) is 5.69 Å². The summed E-state index contributed by atoms with van der Waals surface area (Å²) in [5.41, 5.74) is 1.03. The Bertz CT molecular complexity index is 610. The van der Waals surface area contributed by atoms with Crippen molar-refractivity contribution in [3.8, 4) is 0 Å². The second-order valence-electron chi connectivity index (χ2n) is 5.18. The van der Waals surface area contributed by atoms with Gasteiger partial charge >= 0.3 is 5.97 Å². The summed E-state index contributed by atoms with van der Waals surface area (Å²) in [5, 5.41) is 20.8. The lowest BCUT2D eigenvalue weighted by Gasteiger charge is -2.15. The third-order valence-corrected chi connectivity index (χ3v) is 3.48. The van der Waals surface area contributed by atoms with E-state index in [1.165, 1.54) is 24.3 Å². The molecule has 0 aliphatic rings. The molecule has 0 heterocycles. The Morgan fingerprint density at radius 1 is 1.46 bits per heavy atom. The molecule has 0 radical (unpaired) electrons. The highest BCUT2D eigenvalue weighted by Gasteiger charge is 2.21. The van der Waals surface area contributed by atoms with Gasteiger partial charge in [0.2, 0.25) is 0 Å². The topological polar surface area (TPSA) is 102 Å². The van der Waals surface area contributed by atoms with Gasteiger partial charge < -0.3 is 9.84 Å². The Balaban J connectivity index is 2.78. The molecule has 0 fully saturated rings.